The summed E-state index contributed by atoms with van der Waals surface area (Å²) in [6.07, 6.45) is 2.56. The molecule has 4 nitrogen and oxygen atoms in total. The second kappa shape index (κ2) is 5.14. The molecule has 1 heterocycles. The summed E-state index contributed by atoms with van der Waals surface area (Å²) in [6, 6.07) is 5.14. The van der Waals surface area contributed by atoms with Crippen molar-refractivity contribution in [1.82, 2.24) is 4.98 Å². The second-order valence-electron chi connectivity index (χ2n) is 3.91. The van der Waals surface area contributed by atoms with Crippen LogP contribution in [0.15, 0.2) is 41.6 Å². The summed E-state index contributed by atoms with van der Waals surface area (Å²) in [5.74, 6) is -1.15. The van der Waals surface area contributed by atoms with Crippen LogP contribution in [0.2, 0.25) is 5.02 Å². The van der Waals surface area contributed by atoms with Gasteiger partial charge in [-0.3, -0.25) is 4.98 Å². The van der Waals surface area contributed by atoms with Crippen LogP contribution in [0.25, 0.3) is 0 Å². The zero-order valence-electron chi connectivity index (χ0n) is 9.68. The highest BCUT2D eigenvalue weighted by Gasteiger charge is 2.20. The van der Waals surface area contributed by atoms with Gasteiger partial charge in [0, 0.05) is 16.8 Å². The van der Waals surface area contributed by atoms with Gasteiger partial charge >= 0.3 is 0 Å². The summed E-state index contributed by atoms with van der Waals surface area (Å²) in [7, 11) is -3.73. The molecule has 0 unspecified atom stereocenters. The van der Waals surface area contributed by atoms with Gasteiger partial charge in [-0.25, -0.2) is 12.8 Å². The Labute approximate surface area is 115 Å². The van der Waals surface area contributed by atoms with Crippen molar-refractivity contribution in [2.75, 3.05) is 5.73 Å². The number of pyridine rings is 1. The lowest BCUT2D eigenvalue weighted by atomic mass is 10.2. The average Bonchev–Trinajstić information content (AvgIpc) is 2.33. The Hall–Kier alpha value is -1.66. The largest absolute Gasteiger partial charge is 0.396 e. The number of rotatable bonds is 3. The minimum Gasteiger partial charge on any atom is -0.396 e. The summed E-state index contributed by atoms with van der Waals surface area (Å²) >= 11 is 5.61. The van der Waals surface area contributed by atoms with E-state index in [9.17, 15) is 12.8 Å². The highest BCUT2D eigenvalue weighted by Crippen LogP contribution is 2.23. The van der Waals surface area contributed by atoms with Crippen molar-refractivity contribution in [1.29, 1.82) is 0 Å². The van der Waals surface area contributed by atoms with Gasteiger partial charge in [0.2, 0.25) is 0 Å². The number of nitrogens with two attached hydrogens (primary N) is 1. The Morgan fingerprint density at radius 1 is 1.32 bits per heavy atom. The lowest BCUT2D eigenvalue weighted by Gasteiger charge is -2.08. The predicted octanol–water partition coefficient (Wildman–Crippen LogP) is 2.43. The summed E-state index contributed by atoms with van der Waals surface area (Å²) in [5.41, 5.74) is 5.65. The molecule has 19 heavy (non-hydrogen) atoms. The van der Waals surface area contributed by atoms with Gasteiger partial charge in [0.15, 0.2) is 9.84 Å². The number of nitrogen functional groups attached to an aromatic ring is 1. The number of hydrogen-bond acceptors (Lipinski definition) is 4. The molecule has 100 valence electrons. The van der Waals surface area contributed by atoms with Crippen LogP contribution >= 0.6 is 11.6 Å². The minimum atomic E-state index is -3.73. The van der Waals surface area contributed by atoms with Crippen LogP contribution < -0.4 is 5.73 Å². The highest BCUT2D eigenvalue weighted by atomic mass is 35.5. The normalized spacial score (nSPS) is 11.5. The van der Waals surface area contributed by atoms with E-state index in [2.05, 4.69) is 4.98 Å². The van der Waals surface area contributed by atoms with Gasteiger partial charge in [-0.05, 0) is 18.2 Å². The Morgan fingerprint density at radius 2 is 2.05 bits per heavy atom. The van der Waals surface area contributed by atoms with Crippen molar-refractivity contribution in [3.05, 3.63) is 53.1 Å². The summed E-state index contributed by atoms with van der Waals surface area (Å²) in [6.45, 7) is 0. The molecule has 0 aliphatic carbocycles. The van der Waals surface area contributed by atoms with Gasteiger partial charge in [0.25, 0.3) is 0 Å². The SMILES string of the molecule is Nc1cnccc1S(=O)(=O)Cc1ccc(Cl)cc1F. The van der Waals surface area contributed by atoms with Crippen LogP contribution in [0.5, 0.6) is 0 Å². The van der Waals surface area contributed by atoms with E-state index in [1.54, 1.807) is 0 Å². The van der Waals surface area contributed by atoms with Crippen LogP contribution in [0.1, 0.15) is 5.56 Å². The first-order valence-corrected chi connectivity index (χ1v) is 7.29. The third kappa shape index (κ3) is 3.02. The molecule has 2 aromatic rings. The minimum absolute atomic E-state index is 0.0388. The first-order chi connectivity index (χ1) is 8.90. The number of aromatic nitrogens is 1. The molecule has 1 aromatic carbocycles. The van der Waals surface area contributed by atoms with E-state index in [1.807, 2.05) is 0 Å². The highest BCUT2D eigenvalue weighted by molar-refractivity contribution is 7.90. The van der Waals surface area contributed by atoms with Crippen molar-refractivity contribution in [3.8, 4) is 0 Å². The summed E-state index contributed by atoms with van der Waals surface area (Å²) < 4.78 is 37.9. The van der Waals surface area contributed by atoms with Crippen molar-refractivity contribution in [2.45, 2.75) is 10.6 Å². The number of hydrogen-bond donors (Lipinski definition) is 1. The Kier molecular flexibility index (Phi) is 3.73. The van der Waals surface area contributed by atoms with E-state index in [4.69, 9.17) is 17.3 Å². The fraction of sp³-hybridized carbons (Fsp3) is 0.0833. The molecule has 1 aromatic heterocycles. The molecule has 2 rings (SSSR count). The molecule has 0 spiro atoms. The predicted molar refractivity (Wildman–Crippen MR) is 70.9 cm³/mol. The average molecular weight is 301 g/mol. The number of nitrogens with zero attached hydrogens (tertiary/aromatic N) is 1. The van der Waals surface area contributed by atoms with E-state index < -0.39 is 21.4 Å². The quantitative estimate of drug-likeness (QED) is 0.945. The Balaban J connectivity index is 2.40. The van der Waals surface area contributed by atoms with Crippen LogP contribution in [-0.4, -0.2) is 13.4 Å². The van der Waals surface area contributed by atoms with Gasteiger partial charge in [-0.1, -0.05) is 17.7 Å². The topological polar surface area (TPSA) is 73.0 Å². The van der Waals surface area contributed by atoms with E-state index >= 15 is 0 Å². The summed E-state index contributed by atoms with van der Waals surface area (Å²) in [4.78, 5) is 3.66. The third-order valence-corrected chi connectivity index (χ3v) is 4.47. The number of halogens is 2. The second-order valence-corrected chi connectivity index (χ2v) is 6.30. The number of benzene rings is 1. The van der Waals surface area contributed by atoms with Crippen molar-refractivity contribution in [2.24, 2.45) is 0 Å². The molecule has 0 saturated heterocycles. The van der Waals surface area contributed by atoms with Gasteiger partial charge in [0.1, 0.15) is 5.82 Å². The van der Waals surface area contributed by atoms with E-state index in [0.717, 1.165) is 6.07 Å². The van der Waals surface area contributed by atoms with Crippen molar-refractivity contribution >= 4 is 27.1 Å². The van der Waals surface area contributed by atoms with E-state index in [1.165, 1.54) is 30.6 Å². The van der Waals surface area contributed by atoms with Crippen LogP contribution in [-0.2, 0) is 15.6 Å². The molecule has 0 radical (unpaired) electrons. The third-order valence-electron chi connectivity index (χ3n) is 2.51. The van der Waals surface area contributed by atoms with Gasteiger partial charge in [0.05, 0.1) is 22.5 Å². The van der Waals surface area contributed by atoms with Gasteiger partial charge < -0.3 is 5.73 Å². The van der Waals surface area contributed by atoms with E-state index in [-0.39, 0.29) is 21.2 Å². The Bertz CT molecular complexity index is 719. The number of sulfone groups is 1. The van der Waals surface area contributed by atoms with Crippen LogP contribution in [0, 0.1) is 5.82 Å². The number of anilines is 1. The molecular formula is C12H10ClFN2O2S. The van der Waals surface area contributed by atoms with Gasteiger partial charge in [-0.15, -0.1) is 0 Å². The van der Waals surface area contributed by atoms with E-state index in [0.29, 0.717) is 0 Å². The molecule has 7 heteroatoms. The first kappa shape index (κ1) is 13.8. The summed E-state index contributed by atoms with van der Waals surface area (Å²) in [5, 5.41) is 0.210. The van der Waals surface area contributed by atoms with Gasteiger partial charge in [-0.2, -0.15) is 0 Å². The molecular weight excluding hydrogens is 291 g/mol. The maximum absolute atomic E-state index is 13.6. The van der Waals surface area contributed by atoms with Crippen LogP contribution in [0.3, 0.4) is 0 Å². The zero-order chi connectivity index (χ0) is 14.0. The molecule has 0 atom stereocenters. The molecule has 2 N–H and O–H groups in total. The fourth-order valence-corrected chi connectivity index (χ4v) is 3.24. The lowest BCUT2D eigenvalue weighted by molar-refractivity contribution is 0.587. The monoisotopic (exact) mass is 300 g/mol. The molecule has 0 aliphatic rings. The smallest absolute Gasteiger partial charge is 0.184 e. The van der Waals surface area contributed by atoms with Crippen molar-refractivity contribution in [3.63, 3.8) is 0 Å². The molecule has 0 bridgehead atoms. The molecule has 0 amide bonds. The molecule has 0 fully saturated rings. The zero-order valence-corrected chi connectivity index (χ0v) is 11.2. The molecule has 0 aliphatic heterocycles. The van der Waals surface area contributed by atoms with Crippen molar-refractivity contribution < 1.29 is 12.8 Å². The standard InChI is InChI=1S/C12H10ClFN2O2S/c13-9-2-1-8(10(14)5-9)7-19(17,18)12-3-4-16-6-11(12)15/h1-6H,7,15H2. The first-order valence-electron chi connectivity index (χ1n) is 5.26. The maximum atomic E-state index is 13.6. The Morgan fingerprint density at radius 3 is 2.68 bits per heavy atom. The van der Waals surface area contributed by atoms with Crippen LogP contribution in [0.4, 0.5) is 10.1 Å². The maximum Gasteiger partial charge on any atom is 0.184 e. The lowest BCUT2D eigenvalue weighted by Crippen LogP contribution is -2.09. The molecule has 0 saturated carbocycles. The fourth-order valence-electron chi connectivity index (χ4n) is 1.60.